The third-order valence-electron chi connectivity index (χ3n) is 11.4. The van der Waals surface area contributed by atoms with Crippen LogP contribution < -0.4 is 15.4 Å². The van der Waals surface area contributed by atoms with E-state index in [1.54, 1.807) is 6.07 Å². The molecule has 4 atom stereocenters. The molecule has 2 aliphatic carbocycles. The Hall–Kier alpha value is -4.38. The molecular weight excluding hydrogens is 620 g/mol. The summed E-state index contributed by atoms with van der Waals surface area (Å²) >= 11 is 0. The molecule has 260 valence electrons. The van der Waals surface area contributed by atoms with Crippen molar-refractivity contribution in [3.63, 3.8) is 0 Å². The van der Waals surface area contributed by atoms with Gasteiger partial charge in [0.1, 0.15) is 23.6 Å². The van der Waals surface area contributed by atoms with E-state index in [9.17, 15) is 15.2 Å². The summed E-state index contributed by atoms with van der Waals surface area (Å²) in [6.07, 6.45) is 13.0. The van der Waals surface area contributed by atoms with Gasteiger partial charge in [0.15, 0.2) is 0 Å². The minimum Gasteiger partial charge on any atom is -0.490 e. The predicted molar refractivity (Wildman–Crippen MR) is 197 cm³/mol. The van der Waals surface area contributed by atoms with Crippen LogP contribution in [0.25, 0.3) is 5.69 Å². The molecule has 2 fully saturated rings. The molecule has 3 N–H and O–H groups in total. The van der Waals surface area contributed by atoms with Crippen molar-refractivity contribution in [2.45, 2.75) is 108 Å². The van der Waals surface area contributed by atoms with Crippen LogP contribution in [0.2, 0.25) is 0 Å². The topological polar surface area (TPSA) is 99.3 Å². The molecule has 7 nitrogen and oxygen atoms in total. The van der Waals surface area contributed by atoms with Gasteiger partial charge in [0.2, 0.25) is 0 Å². The Balaban J connectivity index is 1.13. The molecule has 7 rings (SSSR count). The number of hydrogen-bond donors (Lipinski definition) is 3. The molecule has 7 heteroatoms. The second-order valence-electron chi connectivity index (χ2n) is 14.6. The molecule has 4 aromatic rings. The average Bonchev–Trinajstić information content (AvgIpc) is 3.97. The van der Waals surface area contributed by atoms with E-state index in [-0.39, 0.29) is 18.1 Å². The van der Waals surface area contributed by atoms with Gasteiger partial charge in [-0.05, 0) is 103 Å². The standard InChI is InChI=1S/C43H50N4O3/c1-2-29-18-19-41-37(21-29)38(26-42(50-41)32-15-8-9-16-32)45-28-40(48)39(22-30-11-4-3-5-12-30)46-43(49)34-23-33(31-13-6-7-14-31)24-36(25-34)47-20-10-17-35(47)27-44/h3-5,10-12,17-21,23-25,31-32,38-40,42,45,48H,2,6-9,13-16,22,26,28H2,1H3,(H,46,49)/t38?,39-,40+,42?/m0/s1. The maximum atomic E-state index is 14.2. The van der Waals surface area contributed by atoms with Crippen LogP contribution in [0.4, 0.5) is 0 Å². The monoisotopic (exact) mass is 670 g/mol. The maximum absolute atomic E-state index is 14.2. The van der Waals surface area contributed by atoms with Gasteiger partial charge >= 0.3 is 0 Å². The van der Waals surface area contributed by atoms with Crippen molar-refractivity contribution in [3.05, 3.63) is 119 Å². The number of nitrogens with one attached hydrogen (secondary N) is 2. The van der Waals surface area contributed by atoms with Crippen molar-refractivity contribution < 1.29 is 14.6 Å². The number of aromatic nitrogens is 1. The Morgan fingerprint density at radius 1 is 0.960 bits per heavy atom. The van der Waals surface area contributed by atoms with E-state index < -0.39 is 12.1 Å². The average molecular weight is 671 g/mol. The van der Waals surface area contributed by atoms with E-state index in [2.05, 4.69) is 47.9 Å². The van der Waals surface area contributed by atoms with Gasteiger partial charge in [-0.1, -0.05) is 75.1 Å². The minimum absolute atomic E-state index is 0.0557. The van der Waals surface area contributed by atoms with Crippen LogP contribution in [0.15, 0.2) is 85.1 Å². The molecule has 2 saturated carbocycles. The lowest BCUT2D eigenvalue weighted by molar-refractivity contribution is 0.0757. The minimum atomic E-state index is -0.836. The normalized spacial score (nSPS) is 20.5. The first-order valence-corrected chi connectivity index (χ1v) is 18.8. The van der Waals surface area contributed by atoms with Gasteiger partial charge in [-0.2, -0.15) is 5.26 Å². The van der Waals surface area contributed by atoms with E-state index in [1.165, 1.54) is 44.1 Å². The van der Waals surface area contributed by atoms with Gasteiger partial charge in [-0.25, -0.2) is 0 Å². The van der Waals surface area contributed by atoms with E-state index in [0.29, 0.717) is 36.1 Å². The van der Waals surface area contributed by atoms with Gasteiger partial charge in [0, 0.05) is 42.0 Å². The Bertz CT molecular complexity index is 1800. The summed E-state index contributed by atoms with van der Waals surface area (Å²) < 4.78 is 8.45. The Morgan fingerprint density at radius 3 is 2.50 bits per heavy atom. The summed E-state index contributed by atoms with van der Waals surface area (Å²) in [6, 6.07) is 28.1. The van der Waals surface area contributed by atoms with Crippen molar-refractivity contribution in [2.75, 3.05) is 6.54 Å². The molecule has 1 aromatic heterocycles. The zero-order chi connectivity index (χ0) is 34.5. The number of carbonyl (C=O) groups is 1. The van der Waals surface area contributed by atoms with Crippen molar-refractivity contribution >= 4 is 5.91 Å². The summed E-state index contributed by atoms with van der Waals surface area (Å²) in [4.78, 5) is 14.2. The molecule has 2 heterocycles. The fourth-order valence-electron chi connectivity index (χ4n) is 8.48. The molecule has 1 amide bonds. The third kappa shape index (κ3) is 7.67. The van der Waals surface area contributed by atoms with Gasteiger partial charge in [-0.15, -0.1) is 0 Å². The number of aliphatic hydroxyl groups excluding tert-OH is 1. The first kappa shape index (κ1) is 34.1. The maximum Gasteiger partial charge on any atom is 0.251 e. The van der Waals surface area contributed by atoms with Crippen molar-refractivity contribution in [2.24, 2.45) is 5.92 Å². The van der Waals surface area contributed by atoms with Gasteiger partial charge in [0.05, 0.1) is 12.1 Å². The first-order chi connectivity index (χ1) is 24.5. The van der Waals surface area contributed by atoms with Gasteiger partial charge in [0.25, 0.3) is 5.91 Å². The molecule has 50 heavy (non-hydrogen) atoms. The van der Waals surface area contributed by atoms with Crippen LogP contribution in [0.1, 0.15) is 115 Å². The summed E-state index contributed by atoms with van der Waals surface area (Å²) in [6.45, 7) is 2.50. The quantitative estimate of drug-likeness (QED) is 0.142. The number of rotatable bonds is 12. The number of aryl methyl sites for hydroxylation is 1. The van der Waals surface area contributed by atoms with Crippen molar-refractivity contribution in [3.8, 4) is 17.5 Å². The van der Waals surface area contributed by atoms with E-state index >= 15 is 0 Å². The highest BCUT2D eigenvalue weighted by atomic mass is 16.5. The zero-order valence-electron chi connectivity index (χ0n) is 29.2. The number of aliphatic hydroxyl groups is 1. The number of hydrogen-bond acceptors (Lipinski definition) is 5. The highest BCUT2D eigenvalue weighted by Crippen LogP contribution is 2.41. The number of ether oxygens (including phenoxy) is 1. The molecular formula is C43H50N4O3. The number of amides is 1. The summed E-state index contributed by atoms with van der Waals surface area (Å²) in [5.41, 5.74) is 6.50. The fraction of sp³-hybridized carbons (Fsp3) is 0.442. The Labute approximate surface area is 296 Å². The van der Waals surface area contributed by atoms with Crippen LogP contribution >= 0.6 is 0 Å². The summed E-state index contributed by atoms with van der Waals surface area (Å²) in [5.74, 6) is 1.68. The molecule has 3 aliphatic rings. The smallest absolute Gasteiger partial charge is 0.251 e. The molecule has 0 bridgehead atoms. The first-order valence-electron chi connectivity index (χ1n) is 18.8. The molecule has 0 spiro atoms. The molecule has 0 saturated heterocycles. The molecule has 1 aliphatic heterocycles. The number of nitrogens with zero attached hydrogens (tertiary/aromatic N) is 2. The Morgan fingerprint density at radius 2 is 1.74 bits per heavy atom. The van der Waals surface area contributed by atoms with Gasteiger partial charge in [-0.3, -0.25) is 4.79 Å². The molecule has 0 radical (unpaired) electrons. The third-order valence-corrected chi connectivity index (χ3v) is 11.4. The lowest BCUT2D eigenvalue weighted by Gasteiger charge is -2.37. The van der Waals surface area contributed by atoms with Crippen LogP contribution in [0.5, 0.6) is 5.75 Å². The predicted octanol–water partition coefficient (Wildman–Crippen LogP) is 7.94. The number of fused-ring (bicyclic) bond motifs is 1. The number of nitriles is 1. The second kappa shape index (κ2) is 15.7. The number of benzene rings is 3. The summed E-state index contributed by atoms with van der Waals surface area (Å²) in [7, 11) is 0. The lowest BCUT2D eigenvalue weighted by Crippen LogP contribution is -2.49. The highest BCUT2D eigenvalue weighted by Gasteiger charge is 2.35. The van der Waals surface area contributed by atoms with Gasteiger partial charge < -0.3 is 25.0 Å². The van der Waals surface area contributed by atoms with E-state index in [1.807, 2.05) is 59.3 Å². The number of carbonyl (C=O) groups excluding carboxylic acids is 1. The SMILES string of the molecule is CCc1ccc2c(c1)C(NC[C@@H](O)[C@H](Cc1ccccc1)NC(=O)c1cc(C3CCCC3)cc(-n3cccc3C#N)c1)CC(C1CCCC1)O2. The molecule has 2 unspecified atom stereocenters. The Kier molecular flexibility index (Phi) is 10.7. The largest absolute Gasteiger partial charge is 0.490 e. The van der Waals surface area contributed by atoms with Crippen LogP contribution in [0, 0.1) is 17.2 Å². The van der Waals surface area contributed by atoms with Crippen molar-refractivity contribution in [1.29, 1.82) is 5.26 Å². The van der Waals surface area contributed by atoms with Crippen LogP contribution in [0.3, 0.4) is 0 Å². The second-order valence-corrected chi connectivity index (χ2v) is 14.6. The highest BCUT2D eigenvalue weighted by molar-refractivity contribution is 5.95. The van der Waals surface area contributed by atoms with Crippen molar-refractivity contribution in [1.82, 2.24) is 15.2 Å². The lowest BCUT2D eigenvalue weighted by atomic mass is 9.87. The molecule has 3 aromatic carbocycles. The summed E-state index contributed by atoms with van der Waals surface area (Å²) in [5, 5.41) is 28.6. The fourth-order valence-corrected chi connectivity index (χ4v) is 8.48. The van der Waals surface area contributed by atoms with Crippen LogP contribution in [-0.2, 0) is 12.8 Å². The van der Waals surface area contributed by atoms with E-state index in [0.717, 1.165) is 53.8 Å². The zero-order valence-corrected chi connectivity index (χ0v) is 29.2. The van der Waals surface area contributed by atoms with Crippen LogP contribution in [-0.4, -0.2) is 40.4 Å². The van der Waals surface area contributed by atoms with E-state index in [4.69, 9.17) is 4.74 Å².